The highest BCUT2D eigenvalue weighted by atomic mass is 32.2. The Labute approximate surface area is 55.4 Å². The maximum Gasteiger partial charge on any atom is -0.00232 e. The Balaban J connectivity index is 2.33. The molecule has 1 rings (SSSR count). The standard InChI is InChI=1S/C7H12S/c1-2-7-5-3-4-6-8-7/h2H,3-6H2,1H3/b7-2+. The van der Waals surface area contributed by atoms with E-state index in [1.54, 1.807) is 4.91 Å². The summed E-state index contributed by atoms with van der Waals surface area (Å²) in [6.45, 7) is 2.13. The van der Waals surface area contributed by atoms with Gasteiger partial charge in [0, 0.05) is 0 Å². The first-order chi connectivity index (χ1) is 3.93. The lowest BCUT2D eigenvalue weighted by molar-refractivity contribution is 0.799. The molecule has 0 nitrogen and oxygen atoms in total. The molecule has 1 saturated heterocycles. The van der Waals surface area contributed by atoms with Gasteiger partial charge in [0.1, 0.15) is 0 Å². The summed E-state index contributed by atoms with van der Waals surface area (Å²) in [7, 11) is 0. The second kappa shape index (κ2) is 3.18. The SMILES string of the molecule is C/C=C1\CCCCS1. The lowest BCUT2D eigenvalue weighted by atomic mass is 10.2. The molecule has 0 aromatic heterocycles. The van der Waals surface area contributed by atoms with Crippen molar-refractivity contribution >= 4 is 11.8 Å². The average molecular weight is 128 g/mol. The van der Waals surface area contributed by atoms with E-state index in [1.165, 1.54) is 25.0 Å². The van der Waals surface area contributed by atoms with Gasteiger partial charge in [0.25, 0.3) is 0 Å². The van der Waals surface area contributed by atoms with Crippen LogP contribution < -0.4 is 0 Å². The number of hydrogen-bond donors (Lipinski definition) is 0. The Kier molecular flexibility index (Phi) is 2.47. The third-order valence-corrected chi connectivity index (χ3v) is 2.73. The zero-order chi connectivity index (χ0) is 5.82. The van der Waals surface area contributed by atoms with Gasteiger partial charge in [0.15, 0.2) is 0 Å². The van der Waals surface area contributed by atoms with E-state index in [0.717, 1.165) is 0 Å². The van der Waals surface area contributed by atoms with Crippen LogP contribution in [-0.2, 0) is 0 Å². The highest BCUT2D eigenvalue weighted by molar-refractivity contribution is 8.03. The molecule has 1 aliphatic heterocycles. The molecule has 0 aromatic rings. The Morgan fingerprint density at radius 2 is 2.38 bits per heavy atom. The lowest BCUT2D eigenvalue weighted by Gasteiger charge is -2.11. The van der Waals surface area contributed by atoms with Gasteiger partial charge in [0.05, 0.1) is 0 Å². The summed E-state index contributed by atoms with van der Waals surface area (Å²) < 4.78 is 0. The normalized spacial score (nSPS) is 26.4. The van der Waals surface area contributed by atoms with E-state index in [0.29, 0.717) is 0 Å². The largest absolute Gasteiger partial charge is 0.131 e. The van der Waals surface area contributed by atoms with Crippen molar-refractivity contribution in [2.75, 3.05) is 5.75 Å². The molecular weight excluding hydrogens is 116 g/mol. The zero-order valence-corrected chi connectivity index (χ0v) is 6.13. The van der Waals surface area contributed by atoms with Crippen LogP contribution in [0, 0.1) is 0 Å². The molecule has 0 saturated carbocycles. The van der Waals surface area contributed by atoms with E-state index in [9.17, 15) is 0 Å². The number of hydrogen-bond acceptors (Lipinski definition) is 1. The van der Waals surface area contributed by atoms with Gasteiger partial charge >= 0.3 is 0 Å². The van der Waals surface area contributed by atoms with Crippen LogP contribution in [0.1, 0.15) is 26.2 Å². The molecule has 0 amide bonds. The molecule has 1 aliphatic rings. The first kappa shape index (κ1) is 6.21. The number of rotatable bonds is 0. The maximum atomic E-state index is 2.24. The predicted molar refractivity (Wildman–Crippen MR) is 40.1 cm³/mol. The Morgan fingerprint density at radius 1 is 1.50 bits per heavy atom. The van der Waals surface area contributed by atoms with Crippen molar-refractivity contribution in [3.8, 4) is 0 Å². The second-order valence-corrected chi connectivity index (χ2v) is 3.28. The second-order valence-electron chi connectivity index (χ2n) is 2.06. The first-order valence-corrected chi connectivity index (χ1v) is 4.20. The van der Waals surface area contributed by atoms with E-state index in [1.807, 2.05) is 11.8 Å². The molecule has 46 valence electrons. The number of allylic oxidation sites excluding steroid dienone is 2. The van der Waals surface area contributed by atoms with Crippen molar-refractivity contribution in [3.05, 3.63) is 11.0 Å². The summed E-state index contributed by atoms with van der Waals surface area (Å²) in [5.41, 5.74) is 0. The van der Waals surface area contributed by atoms with Crippen LogP contribution >= 0.6 is 11.8 Å². The molecule has 1 heteroatoms. The molecule has 0 aromatic carbocycles. The predicted octanol–water partition coefficient (Wildman–Crippen LogP) is 2.81. The Bertz CT molecular complexity index is 86.6. The topological polar surface area (TPSA) is 0 Å². The molecule has 0 atom stereocenters. The Morgan fingerprint density at radius 3 is 2.75 bits per heavy atom. The van der Waals surface area contributed by atoms with Crippen LogP contribution in [-0.4, -0.2) is 5.75 Å². The third kappa shape index (κ3) is 1.55. The molecule has 8 heavy (non-hydrogen) atoms. The van der Waals surface area contributed by atoms with Gasteiger partial charge in [-0.2, -0.15) is 0 Å². The molecule has 0 N–H and O–H groups in total. The van der Waals surface area contributed by atoms with Gasteiger partial charge < -0.3 is 0 Å². The van der Waals surface area contributed by atoms with Crippen LogP contribution in [0.2, 0.25) is 0 Å². The van der Waals surface area contributed by atoms with E-state index >= 15 is 0 Å². The van der Waals surface area contributed by atoms with E-state index in [-0.39, 0.29) is 0 Å². The van der Waals surface area contributed by atoms with Gasteiger partial charge in [-0.1, -0.05) is 6.08 Å². The highest BCUT2D eigenvalue weighted by Gasteiger charge is 2.02. The summed E-state index contributed by atoms with van der Waals surface area (Å²) in [4.78, 5) is 1.59. The fourth-order valence-electron chi connectivity index (χ4n) is 0.904. The Hall–Kier alpha value is 0.0900. The quantitative estimate of drug-likeness (QED) is 0.483. The minimum absolute atomic E-state index is 1.33. The molecular formula is C7H12S. The van der Waals surface area contributed by atoms with Gasteiger partial charge in [-0.05, 0) is 36.8 Å². The fourth-order valence-corrected chi connectivity index (χ4v) is 1.97. The molecule has 0 unspecified atom stereocenters. The smallest absolute Gasteiger partial charge is 0.00232 e. The maximum absolute atomic E-state index is 2.24. The van der Waals surface area contributed by atoms with Crippen molar-refractivity contribution in [2.45, 2.75) is 26.2 Å². The van der Waals surface area contributed by atoms with E-state index in [4.69, 9.17) is 0 Å². The molecule has 0 bridgehead atoms. The van der Waals surface area contributed by atoms with E-state index in [2.05, 4.69) is 13.0 Å². The van der Waals surface area contributed by atoms with Crippen molar-refractivity contribution in [3.63, 3.8) is 0 Å². The highest BCUT2D eigenvalue weighted by Crippen LogP contribution is 2.27. The van der Waals surface area contributed by atoms with Crippen molar-refractivity contribution < 1.29 is 0 Å². The van der Waals surface area contributed by atoms with Crippen molar-refractivity contribution in [1.82, 2.24) is 0 Å². The van der Waals surface area contributed by atoms with Crippen LogP contribution in [0.3, 0.4) is 0 Å². The van der Waals surface area contributed by atoms with Crippen molar-refractivity contribution in [2.24, 2.45) is 0 Å². The fraction of sp³-hybridized carbons (Fsp3) is 0.714. The van der Waals surface area contributed by atoms with Crippen LogP contribution in [0.25, 0.3) is 0 Å². The molecule has 0 spiro atoms. The average Bonchev–Trinajstić information content (AvgIpc) is 1.90. The third-order valence-electron chi connectivity index (χ3n) is 1.43. The first-order valence-electron chi connectivity index (χ1n) is 3.21. The lowest BCUT2D eigenvalue weighted by Crippen LogP contribution is -1.90. The summed E-state index contributed by atoms with van der Waals surface area (Å²) in [5.74, 6) is 1.35. The van der Waals surface area contributed by atoms with Gasteiger partial charge in [-0.25, -0.2) is 0 Å². The van der Waals surface area contributed by atoms with Gasteiger partial charge in [0.2, 0.25) is 0 Å². The molecule has 1 fully saturated rings. The van der Waals surface area contributed by atoms with E-state index < -0.39 is 0 Å². The minimum atomic E-state index is 1.33. The molecule has 0 aliphatic carbocycles. The zero-order valence-electron chi connectivity index (χ0n) is 5.31. The number of thioether (sulfide) groups is 1. The van der Waals surface area contributed by atoms with Crippen LogP contribution in [0.15, 0.2) is 11.0 Å². The monoisotopic (exact) mass is 128 g/mol. The molecule has 0 radical (unpaired) electrons. The van der Waals surface area contributed by atoms with Gasteiger partial charge in [-0.3, -0.25) is 0 Å². The van der Waals surface area contributed by atoms with Crippen LogP contribution in [0.4, 0.5) is 0 Å². The molecule has 1 heterocycles. The summed E-state index contributed by atoms with van der Waals surface area (Å²) >= 11 is 2.02. The summed E-state index contributed by atoms with van der Waals surface area (Å²) in [6, 6.07) is 0. The minimum Gasteiger partial charge on any atom is -0.131 e. The van der Waals surface area contributed by atoms with Gasteiger partial charge in [-0.15, -0.1) is 11.8 Å². The summed E-state index contributed by atoms with van der Waals surface area (Å²) in [5, 5.41) is 0. The van der Waals surface area contributed by atoms with Crippen LogP contribution in [0.5, 0.6) is 0 Å². The summed E-state index contributed by atoms with van der Waals surface area (Å²) in [6.07, 6.45) is 6.40. The van der Waals surface area contributed by atoms with Crippen molar-refractivity contribution in [1.29, 1.82) is 0 Å².